The Bertz CT molecular complexity index is 699. The quantitative estimate of drug-likeness (QED) is 0.768. The number of hydrogen-bond acceptors (Lipinski definition) is 2. The van der Waals surface area contributed by atoms with Gasteiger partial charge in [0.25, 0.3) is 0 Å². The van der Waals surface area contributed by atoms with Crippen molar-refractivity contribution in [1.82, 2.24) is 5.32 Å². The van der Waals surface area contributed by atoms with E-state index in [0.29, 0.717) is 17.7 Å². The minimum absolute atomic E-state index is 0.257. The molecular formula is C19H21FN2O2. The van der Waals surface area contributed by atoms with Crippen molar-refractivity contribution in [2.45, 2.75) is 26.2 Å². The maximum atomic E-state index is 13.4. The number of benzene rings is 2. The minimum Gasteiger partial charge on any atom is -0.355 e. The lowest BCUT2D eigenvalue weighted by Crippen LogP contribution is -2.29. The molecule has 2 rings (SSSR count). The Morgan fingerprint density at radius 1 is 1.00 bits per heavy atom. The number of amides is 2. The van der Waals surface area contributed by atoms with Crippen molar-refractivity contribution in [2.24, 2.45) is 0 Å². The zero-order valence-electron chi connectivity index (χ0n) is 13.6. The number of carbonyl (C=O) groups is 2. The SMILES string of the molecule is CCc1ccc(NC(=O)CC(=O)NCCc2ccccc2F)cc1. The monoisotopic (exact) mass is 328 g/mol. The molecule has 2 aromatic carbocycles. The van der Waals surface area contributed by atoms with E-state index in [-0.39, 0.29) is 30.6 Å². The molecule has 0 aliphatic carbocycles. The summed E-state index contributed by atoms with van der Waals surface area (Å²) in [4.78, 5) is 23.6. The van der Waals surface area contributed by atoms with Crippen molar-refractivity contribution in [1.29, 1.82) is 0 Å². The van der Waals surface area contributed by atoms with Gasteiger partial charge in [-0.05, 0) is 42.2 Å². The fourth-order valence-electron chi connectivity index (χ4n) is 2.28. The Balaban J connectivity index is 1.73. The summed E-state index contributed by atoms with van der Waals surface area (Å²) in [5.74, 6) is -1.04. The molecule has 24 heavy (non-hydrogen) atoms. The second kappa shape index (κ2) is 8.82. The highest BCUT2D eigenvalue weighted by atomic mass is 19.1. The molecule has 0 fully saturated rings. The average Bonchev–Trinajstić information content (AvgIpc) is 2.57. The van der Waals surface area contributed by atoms with Crippen molar-refractivity contribution in [3.05, 3.63) is 65.5 Å². The highest BCUT2D eigenvalue weighted by molar-refractivity contribution is 6.03. The summed E-state index contributed by atoms with van der Waals surface area (Å²) in [6.07, 6.45) is 1.06. The number of nitrogens with one attached hydrogen (secondary N) is 2. The maximum absolute atomic E-state index is 13.4. The molecule has 0 saturated carbocycles. The van der Waals surface area contributed by atoms with Gasteiger partial charge in [-0.25, -0.2) is 4.39 Å². The zero-order valence-corrected chi connectivity index (χ0v) is 13.6. The van der Waals surface area contributed by atoms with Crippen LogP contribution in [0.4, 0.5) is 10.1 Å². The summed E-state index contributed by atoms with van der Waals surface area (Å²) < 4.78 is 13.4. The van der Waals surface area contributed by atoms with Gasteiger partial charge in [0.2, 0.25) is 11.8 Å². The third-order valence-electron chi connectivity index (χ3n) is 3.64. The molecule has 2 N–H and O–H groups in total. The third-order valence-corrected chi connectivity index (χ3v) is 3.64. The molecule has 4 nitrogen and oxygen atoms in total. The highest BCUT2D eigenvalue weighted by Gasteiger charge is 2.10. The molecule has 0 unspecified atom stereocenters. The van der Waals surface area contributed by atoms with E-state index in [2.05, 4.69) is 17.6 Å². The summed E-state index contributed by atoms with van der Waals surface area (Å²) >= 11 is 0. The topological polar surface area (TPSA) is 58.2 Å². The van der Waals surface area contributed by atoms with Crippen LogP contribution in [0.15, 0.2) is 48.5 Å². The molecule has 0 aliphatic rings. The standard InChI is InChI=1S/C19H21FN2O2/c1-2-14-7-9-16(10-8-14)22-19(24)13-18(23)21-12-11-15-5-3-4-6-17(15)20/h3-10H,2,11-13H2,1H3,(H,21,23)(H,22,24). The fraction of sp³-hybridized carbons (Fsp3) is 0.263. The second-order valence-corrected chi connectivity index (χ2v) is 5.47. The van der Waals surface area contributed by atoms with Gasteiger partial charge in [-0.2, -0.15) is 0 Å². The molecule has 0 saturated heterocycles. The van der Waals surface area contributed by atoms with Gasteiger partial charge in [0.1, 0.15) is 12.2 Å². The molecule has 0 spiro atoms. The lowest BCUT2D eigenvalue weighted by molar-refractivity contribution is -0.126. The van der Waals surface area contributed by atoms with Gasteiger partial charge in [0.05, 0.1) is 0 Å². The molecule has 2 aromatic rings. The van der Waals surface area contributed by atoms with Crippen LogP contribution in [-0.2, 0) is 22.4 Å². The van der Waals surface area contributed by atoms with Crippen molar-refractivity contribution >= 4 is 17.5 Å². The second-order valence-electron chi connectivity index (χ2n) is 5.47. The van der Waals surface area contributed by atoms with Crippen LogP contribution in [0.1, 0.15) is 24.5 Å². The summed E-state index contributed by atoms with van der Waals surface area (Å²) in [5, 5.41) is 5.31. The Morgan fingerprint density at radius 2 is 1.71 bits per heavy atom. The molecule has 0 radical (unpaired) electrons. The van der Waals surface area contributed by atoms with Crippen molar-refractivity contribution < 1.29 is 14.0 Å². The van der Waals surface area contributed by atoms with Crippen LogP contribution in [0.5, 0.6) is 0 Å². The molecule has 5 heteroatoms. The lowest BCUT2D eigenvalue weighted by Gasteiger charge is -2.08. The summed E-state index contributed by atoms with van der Waals surface area (Å²) in [6.45, 7) is 2.34. The zero-order chi connectivity index (χ0) is 17.4. The number of anilines is 1. The molecule has 0 atom stereocenters. The number of aryl methyl sites for hydroxylation is 1. The molecule has 0 heterocycles. The molecular weight excluding hydrogens is 307 g/mol. The molecule has 0 bridgehead atoms. The van der Waals surface area contributed by atoms with Crippen molar-refractivity contribution in [2.75, 3.05) is 11.9 Å². The maximum Gasteiger partial charge on any atom is 0.233 e. The average molecular weight is 328 g/mol. The number of rotatable bonds is 7. The Morgan fingerprint density at radius 3 is 2.38 bits per heavy atom. The number of hydrogen-bond donors (Lipinski definition) is 2. The summed E-state index contributed by atoms with van der Waals surface area (Å²) in [5.41, 5.74) is 2.38. The van der Waals surface area contributed by atoms with Gasteiger partial charge in [-0.15, -0.1) is 0 Å². The largest absolute Gasteiger partial charge is 0.355 e. The van der Waals surface area contributed by atoms with Crippen molar-refractivity contribution in [3.8, 4) is 0 Å². The molecule has 0 aliphatic heterocycles. The van der Waals surface area contributed by atoms with E-state index in [1.54, 1.807) is 18.2 Å². The van der Waals surface area contributed by atoms with Crippen LogP contribution in [0.2, 0.25) is 0 Å². The lowest BCUT2D eigenvalue weighted by atomic mass is 10.1. The van der Waals surface area contributed by atoms with E-state index in [4.69, 9.17) is 0 Å². The van der Waals surface area contributed by atoms with Crippen LogP contribution in [0, 0.1) is 5.82 Å². The molecule has 2 amide bonds. The van der Waals surface area contributed by atoms with E-state index in [1.807, 2.05) is 24.3 Å². The third kappa shape index (κ3) is 5.50. The van der Waals surface area contributed by atoms with Gasteiger partial charge in [0, 0.05) is 12.2 Å². The van der Waals surface area contributed by atoms with E-state index in [1.165, 1.54) is 11.6 Å². The van der Waals surface area contributed by atoms with E-state index < -0.39 is 0 Å². The van der Waals surface area contributed by atoms with Gasteiger partial charge in [-0.3, -0.25) is 9.59 Å². The van der Waals surface area contributed by atoms with Crippen LogP contribution in [-0.4, -0.2) is 18.4 Å². The molecule has 0 aromatic heterocycles. The van der Waals surface area contributed by atoms with E-state index in [0.717, 1.165) is 6.42 Å². The fourth-order valence-corrected chi connectivity index (χ4v) is 2.28. The molecule has 126 valence electrons. The van der Waals surface area contributed by atoms with Crippen molar-refractivity contribution in [3.63, 3.8) is 0 Å². The number of halogens is 1. The Kier molecular flexibility index (Phi) is 6.49. The van der Waals surface area contributed by atoms with Crippen LogP contribution >= 0.6 is 0 Å². The highest BCUT2D eigenvalue weighted by Crippen LogP contribution is 2.10. The van der Waals surface area contributed by atoms with Gasteiger partial charge in [-0.1, -0.05) is 37.3 Å². The van der Waals surface area contributed by atoms with Crippen LogP contribution in [0.25, 0.3) is 0 Å². The predicted octanol–water partition coefficient (Wildman–Crippen LogP) is 3.08. The van der Waals surface area contributed by atoms with Gasteiger partial charge in [0.15, 0.2) is 0 Å². The first-order valence-corrected chi connectivity index (χ1v) is 7.97. The number of carbonyl (C=O) groups excluding carboxylic acids is 2. The van der Waals surface area contributed by atoms with E-state index >= 15 is 0 Å². The normalized spacial score (nSPS) is 10.2. The van der Waals surface area contributed by atoms with Gasteiger partial charge >= 0.3 is 0 Å². The predicted molar refractivity (Wildman–Crippen MR) is 92.2 cm³/mol. The summed E-state index contributed by atoms with van der Waals surface area (Å²) in [7, 11) is 0. The Hall–Kier alpha value is -2.69. The first kappa shape index (κ1) is 17.7. The van der Waals surface area contributed by atoms with Crippen LogP contribution < -0.4 is 10.6 Å². The van der Waals surface area contributed by atoms with Gasteiger partial charge < -0.3 is 10.6 Å². The van der Waals surface area contributed by atoms with E-state index in [9.17, 15) is 14.0 Å². The minimum atomic E-state index is -0.381. The van der Waals surface area contributed by atoms with Crippen LogP contribution in [0.3, 0.4) is 0 Å². The first-order valence-electron chi connectivity index (χ1n) is 7.97. The first-order chi connectivity index (χ1) is 11.6. The summed E-state index contributed by atoms with van der Waals surface area (Å²) in [6, 6.07) is 13.9. The smallest absolute Gasteiger partial charge is 0.233 e. The Labute approximate surface area is 141 Å².